The van der Waals surface area contributed by atoms with Crippen molar-refractivity contribution in [2.45, 2.75) is 0 Å². The summed E-state index contributed by atoms with van der Waals surface area (Å²) in [4.78, 5) is 4.52. The quantitative estimate of drug-likeness (QED) is 0.618. The molecule has 0 amide bonds. The van der Waals surface area contributed by atoms with E-state index in [-0.39, 0.29) is 5.84 Å². The molecule has 17 heavy (non-hydrogen) atoms. The van der Waals surface area contributed by atoms with E-state index in [1.54, 1.807) is 6.07 Å². The number of anilines is 1. The standard InChI is InChI=1S/C12H17ClN4/c1-16-4-6-17(7-5-16)11-8-9(13)2-3-10(11)12(14)15/h2-3,8H,4-7H2,1H3,(H3,14,15). The summed E-state index contributed by atoms with van der Waals surface area (Å²) in [6, 6.07) is 5.49. The second-order valence-corrected chi connectivity index (χ2v) is 4.80. The van der Waals surface area contributed by atoms with E-state index in [1.807, 2.05) is 12.1 Å². The van der Waals surface area contributed by atoms with Gasteiger partial charge in [0.05, 0.1) is 0 Å². The van der Waals surface area contributed by atoms with Gasteiger partial charge in [-0.3, -0.25) is 5.41 Å². The Bertz CT molecular complexity index is 425. The van der Waals surface area contributed by atoms with Crippen LogP contribution < -0.4 is 10.6 Å². The molecule has 1 aromatic rings. The number of piperazine rings is 1. The Morgan fingerprint density at radius 3 is 2.53 bits per heavy atom. The van der Waals surface area contributed by atoms with E-state index < -0.39 is 0 Å². The number of nitrogens with one attached hydrogen (secondary N) is 1. The third kappa shape index (κ3) is 2.70. The Morgan fingerprint density at radius 1 is 1.29 bits per heavy atom. The predicted molar refractivity (Wildman–Crippen MR) is 72.2 cm³/mol. The topological polar surface area (TPSA) is 56.4 Å². The van der Waals surface area contributed by atoms with Crippen LogP contribution >= 0.6 is 11.6 Å². The second-order valence-electron chi connectivity index (χ2n) is 4.37. The van der Waals surface area contributed by atoms with Crippen molar-refractivity contribution in [3.8, 4) is 0 Å². The lowest BCUT2D eigenvalue weighted by Crippen LogP contribution is -2.45. The number of hydrogen-bond acceptors (Lipinski definition) is 3. The number of halogens is 1. The molecule has 5 heteroatoms. The van der Waals surface area contributed by atoms with Gasteiger partial charge in [0.1, 0.15) is 5.84 Å². The Balaban J connectivity index is 2.30. The number of nitrogens with two attached hydrogens (primary N) is 1. The minimum atomic E-state index is 0.0931. The van der Waals surface area contributed by atoms with Crippen LogP contribution in [0.25, 0.3) is 0 Å². The Labute approximate surface area is 106 Å². The van der Waals surface area contributed by atoms with Crippen molar-refractivity contribution in [3.63, 3.8) is 0 Å². The first-order chi connectivity index (χ1) is 8.08. The van der Waals surface area contributed by atoms with E-state index in [0.717, 1.165) is 37.4 Å². The summed E-state index contributed by atoms with van der Waals surface area (Å²) in [6.45, 7) is 3.92. The maximum atomic E-state index is 7.60. The van der Waals surface area contributed by atoms with Crippen LogP contribution in [0.5, 0.6) is 0 Å². The molecule has 1 fully saturated rings. The summed E-state index contributed by atoms with van der Waals surface area (Å²) in [5.41, 5.74) is 7.34. The van der Waals surface area contributed by atoms with E-state index in [2.05, 4.69) is 16.8 Å². The van der Waals surface area contributed by atoms with Gasteiger partial charge in [-0.15, -0.1) is 0 Å². The molecular weight excluding hydrogens is 236 g/mol. The Hall–Kier alpha value is -1.26. The van der Waals surface area contributed by atoms with Gasteiger partial charge in [0.25, 0.3) is 0 Å². The molecule has 0 saturated carbocycles. The third-order valence-corrected chi connectivity index (χ3v) is 3.33. The third-order valence-electron chi connectivity index (χ3n) is 3.09. The van der Waals surface area contributed by atoms with Crippen LogP contribution in [-0.2, 0) is 0 Å². The average molecular weight is 253 g/mol. The second kappa shape index (κ2) is 4.94. The van der Waals surface area contributed by atoms with Crippen molar-refractivity contribution in [1.82, 2.24) is 4.90 Å². The first kappa shape index (κ1) is 12.2. The zero-order valence-corrected chi connectivity index (χ0v) is 10.7. The highest BCUT2D eigenvalue weighted by molar-refractivity contribution is 6.31. The van der Waals surface area contributed by atoms with Gasteiger partial charge in [0, 0.05) is 42.5 Å². The van der Waals surface area contributed by atoms with Crippen molar-refractivity contribution in [1.29, 1.82) is 5.41 Å². The number of amidine groups is 1. The highest BCUT2D eigenvalue weighted by atomic mass is 35.5. The predicted octanol–water partition coefficient (Wildman–Crippen LogP) is 1.38. The summed E-state index contributed by atoms with van der Waals surface area (Å²) < 4.78 is 0. The molecule has 0 bridgehead atoms. The van der Waals surface area contributed by atoms with Crippen LogP contribution in [0.3, 0.4) is 0 Å². The summed E-state index contributed by atoms with van der Waals surface area (Å²) >= 11 is 6.02. The molecule has 0 unspecified atom stereocenters. The van der Waals surface area contributed by atoms with Crippen LogP contribution in [0.4, 0.5) is 5.69 Å². The van der Waals surface area contributed by atoms with Crippen LogP contribution in [0.1, 0.15) is 5.56 Å². The average Bonchev–Trinajstić information content (AvgIpc) is 2.29. The largest absolute Gasteiger partial charge is 0.384 e. The molecule has 1 aliphatic heterocycles. The molecule has 0 atom stereocenters. The van der Waals surface area contributed by atoms with Crippen LogP contribution in [-0.4, -0.2) is 44.0 Å². The van der Waals surface area contributed by atoms with E-state index >= 15 is 0 Å². The Morgan fingerprint density at radius 2 is 1.94 bits per heavy atom. The smallest absolute Gasteiger partial charge is 0.124 e. The molecule has 4 nitrogen and oxygen atoms in total. The van der Waals surface area contributed by atoms with E-state index in [9.17, 15) is 0 Å². The van der Waals surface area contributed by atoms with Crippen LogP contribution in [0.15, 0.2) is 18.2 Å². The van der Waals surface area contributed by atoms with Crippen molar-refractivity contribution in [2.24, 2.45) is 5.73 Å². The van der Waals surface area contributed by atoms with Gasteiger partial charge in [-0.05, 0) is 25.2 Å². The first-order valence-corrected chi connectivity index (χ1v) is 6.03. The molecule has 0 aromatic heterocycles. The monoisotopic (exact) mass is 252 g/mol. The fourth-order valence-corrected chi connectivity index (χ4v) is 2.21. The first-order valence-electron chi connectivity index (χ1n) is 5.65. The number of nitrogen functional groups attached to an aromatic ring is 1. The molecule has 0 spiro atoms. The van der Waals surface area contributed by atoms with Crippen molar-refractivity contribution in [3.05, 3.63) is 28.8 Å². The van der Waals surface area contributed by atoms with Crippen molar-refractivity contribution >= 4 is 23.1 Å². The van der Waals surface area contributed by atoms with E-state index in [0.29, 0.717) is 5.02 Å². The molecule has 0 radical (unpaired) electrons. The van der Waals surface area contributed by atoms with Gasteiger partial charge in [-0.1, -0.05) is 11.6 Å². The fourth-order valence-electron chi connectivity index (χ4n) is 2.04. The highest BCUT2D eigenvalue weighted by Crippen LogP contribution is 2.25. The number of likely N-dealkylation sites (N-methyl/N-ethyl adjacent to an activating group) is 1. The van der Waals surface area contributed by atoms with Crippen molar-refractivity contribution < 1.29 is 0 Å². The van der Waals surface area contributed by atoms with Gasteiger partial charge in [-0.25, -0.2) is 0 Å². The lowest BCUT2D eigenvalue weighted by Gasteiger charge is -2.35. The van der Waals surface area contributed by atoms with Crippen LogP contribution in [0, 0.1) is 5.41 Å². The van der Waals surface area contributed by atoms with Gasteiger partial charge in [0.2, 0.25) is 0 Å². The minimum Gasteiger partial charge on any atom is -0.384 e. The number of benzene rings is 1. The van der Waals surface area contributed by atoms with E-state index in [1.165, 1.54) is 0 Å². The maximum absolute atomic E-state index is 7.60. The molecule has 1 saturated heterocycles. The minimum absolute atomic E-state index is 0.0931. The molecule has 0 aliphatic carbocycles. The van der Waals surface area contributed by atoms with Gasteiger partial charge in [-0.2, -0.15) is 0 Å². The lowest BCUT2D eigenvalue weighted by molar-refractivity contribution is 0.313. The number of hydrogen-bond donors (Lipinski definition) is 2. The number of rotatable bonds is 2. The summed E-state index contributed by atoms with van der Waals surface area (Å²) in [5.74, 6) is 0.0931. The van der Waals surface area contributed by atoms with Crippen molar-refractivity contribution in [2.75, 3.05) is 38.1 Å². The molecule has 2 rings (SSSR count). The summed E-state index contributed by atoms with van der Waals surface area (Å²) in [5, 5.41) is 8.29. The summed E-state index contributed by atoms with van der Waals surface area (Å²) in [7, 11) is 2.11. The normalized spacial score (nSPS) is 17.2. The van der Waals surface area contributed by atoms with Gasteiger partial charge in [0.15, 0.2) is 0 Å². The SMILES string of the molecule is CN1CCN(c2cc(Cl)ccc2C(=N)N)CC1. The molecule has 1 heterocycles. The fraction of sp³-hybridized carbons (Fsp3) is 0.417. The molecule has 92 valence electrons. The van der Waals surface area contributed by atoms with E-state index in [4.69, 9.17) is 22.7 Å². The maximum Gasteiger partial charge on any atom is 0.124 e. The zero-order chi connectivity index (χ0) is 12.4. The Kier molecular flexibility index (Phi) is 3.54. The van der Waals surface area contributed by atoms with Crippen LogP contribution in [0.2, 0.25) is 5.02 Å². The molecular formula is C12H17ClN4. The lowest BCUT2D eigenvalue weighted by atomic mass is 10.1. The molecule has 3 N–H and O–H groups in total. The zero-order valence-electron chi connectivity index (χ0n) is 9.91. The highest BCUT2D eigenvalue weighted by Gasteiger charge is 2.18. The molecule has 1 aliphatic rings. The number of nitrogens with zero attached hydrogens (tertiary/aromatic N) is 2. The van der Waals surface area contributed by atoms with Gasteiger partial charge >= 0.3 is 0 Å². The van der Waals surface area contributed by atoms with Gasteiger partial charge < -0.3 is 15.5 Å². The summed E-state index contributed by atoms with van der Waals surface area (Å²) in [6.07, 6.45) is 0. The molecule has 1 aromatic carbocycles.